The van der Waals surface area contributed by atoms with Crippen molar-refractivity contribution in [1.29, 1.82) is 0 Å². The van der Waals surface area contributed by atoms with Crippen LogP contribution >= 0.6 is 11.3 Å². The van der Waals surface area contributed by atoms with E-state index in [9.17, 15) is 0 Å². The molecule has 1 aromatic heterocycles. The largest absolute Gasteiger partial charge is 0.457 e. The van der Waals surface area contributed by atoms with E-state index in [1.807, 2.05) is 59.9 Å². The zero-order valence-corrected chi connectivity index (χ0v) is 23.9. The highest BCUT2D eigenvalue weighted by molar-refractivity contribution is 7.11. The third-order valence-electron chi connectivity index (χ3n) is 6.54. The molecule has 0 atom stereocenters. The van der Waals surface area contributed by atoms with Crippen molar-refractivity contribution in [2.24, 2.45) is 0 Å². The molecule has 0 unspecified atom stereocenters. The molecule has 5 aromatic rings. The second kappa shape index (κ2) is 12.1. The van der Waals surface area contributed by atoms with E-state index in [2.05, 4.69) is 102 Å². The molecule has 0 radical (unpaired) electrons. The monoisotopic (exact) mass is 520 g/mol. The highest BCUT2D eigenvalue weighted by atomic mass is 32.1. The molecule has 2 nitrogen and oxygen atoms in total. The molecule has 38 heavy (non-hydrogen) atoms. The molecule has 3 heteroatoms. The van der Waals surface area contributed by atoms with Gasteiger partial charge in [-0.2, -0.15) is 0 Å². The first-order chi connectivity index (χ1) is 18.2. The van der Waals surface area contributed by atoms with Gasteiger partial charge in [0.05, 0.1) is 0 Å². The van der Waals surface area contributed by atoms with Crippen molar-refractivity contribution in [3.63, 3.8) is 0 Å². The molecule has 0 amide bonds. The number of ether oxygens (including phenoxy) is 2. The minimum Gasteiger partial charge on any atom is -0.457 e. The Labute approximate surface area is 231 Å². The molecule has 0 aliphatic rings. The molecule has 1 heterocycles. The molecule has 0 aliphatic heterocycles. The summed E-state index contributed by atoms with van der Waals surface area (Å²) in [5, 5.41) is 0. The smallest absolute Gasteiger partial charge is 0.127 e. The molecular formula is C35H36O2S. The SMILES string of the molecule is Cc1ccc(C)s1.Cc1ccc(Oc2ccc(C(C)(C)c3ccc(Oc4ccc(C)cc4)cc3)cc2)cc1. The Hall–Kier alpha value is -3.82. The highest BCUT2D eigenvalue weighted by Gasteiger charge is 2.23. The van der Waals surface area contributed by atoms with Gasteiger partial charge in [0.1, 0.15) is 23.0 Å². The van der Waals surface area contributed by atoms with E-state index in [4.69, 9.17) is 9.47 Å². The van der Waals surface area contributed by atoms with Gasteiger partial charge in [-0.25, -0.2) is 0 Å². The highest BCUT2D eigenvalue weighted by Crippen LogP contribution is 2.34. The van der Waals surface area contributed by atoms with E-state index in [0.717, 1.165) is 23.0 Å². The van der Waals surface area contributed by atoms with E-state index in [1.54, 1.807) is 0 Å². The molecule has 194 valence electrons. The summed E-state index contributed by atoms with van der Waals surface area (Å²) in [6, 6.07) is 37.2. The van der Waals surface area contributed by atoms with Crippen LogP contribution in [0.5, 0.6) is 23.0 Å². The van der Waals surface area contributed by atoms with E-state index in [1.165, 1.54) is 32.0 Å². The molecule has 0 N–H and O–H groups in total. The number of rotatable bonds is 6. The van der Waals surface area contributed by atoms with Crippen molar-refractivity contribution >= 4 is 11.3 Å². The summed E-state index contributed by atoms with van der Waals surface area (Å²) in [6.45, 7) is 12.9. The van der Waals surface area contributed by atoms with Crippen molar-refractivity contribution in [2.75, 3.05) is 0 Å². The second-order valence-electron chi connectivity index (χ2n) is 10.2. The minimum atomic E-state index is -0.134. The third-order valence-corrected chi connectivity index (χ3v) is 7.46. The van der Waals surface area contributed by atoms with Crippen molar-refractivity contribution in [1.82, 2.24) is 0 Å². The van der Waals surface area contributed by atoms with Crippen LogP contribution < -0.4 is 9.47 Å². The standard InChI is InChI=1S/C29H28O2.C6H8S/c1-21-5-13-25(14-6-21)30-27-17-9-23(10-18-27)29(3,4)24-11-19-28(20-12-24)31-26-15-7-22(2)8-16-26;1-5-3-4-6(2)7-5/h5-20H,1-4H3;3-4H,1-2H3. The van der Waals surface area contributed by atoms with Crippen LogP contribution in [-0.2, 0) is 5.41 Å². The Morgan fingerprint density at radius 2 is 0.711 bits per heavy atom. The normalized spacial score (nSPS) is 10.9. The van der Waals surface area contributed by atoms with E-state index >= 15 is 0 Å². The van der Waals surface area contributed by atoms with Crippen LogP contribution in [0.1, 0.15) is 45.9 Å². The van der Waals surface area contributed by atoms with Crippen LogP contribution in [-0.4, -0.2) is 0 Å². The maximum absolute atomic E-state index is 5.97. The van der Waals surface area contributed by atoms with Crippen LogP contribution in [0.25, 0.3) is 0 Å². The van der Waals surface area contributed by atoms with Crippen LogP contribution in [0.15, 0.2) is 109 Å². The summed E-state index contributed by atoms with van der Waals surface area (Å²) in [4.78, 5) is 2.80. The minimum absolute atomic E-state index is 0.134. The molecule has 5 rings (SSSR count). The van der Waals surface area contributed by atoms with Crippen molar-refractivity contribution < 1.29 is 9.47 Å². The number of hydrogen-bond acceptors (Lipinski definition) is 3. The summed E-state index contributed by atoms with van der Waals surface area (Å²) in [5.74, 6) is 3.37. The zero-order valence-electron chi connectivity index (χ0n) is 23.1. The quantitative estimate of drug-likeness (QED) is 0.222. The fraction of sp³-hybridized carbons (Fsp3) is 0.200. The summed E-state index contributed by atoms with van der Waals surface area (Å²) in [7, 11) is 0. The number of benzene rings is 4. The number of aryl methyl sites for hydroxylation is 4. The van der Waals surface area contributed by atoms with Gasteiger partial charge < -0.3 is 9.47 Å². The fourth-order valence-corrected chi connectivity index (χ4v) is 4.87. The van der Waals surface area contributed by atoms with Crippen LogP contribution in [0, 0.1) is 27.7 Å². The molecule has 0 bridgehead atoms. The van der Waals surface area contributed by atoms with Crippen molar-refractivity contribution in [3.05, 3.63) is 141 Å². The van der Waals surface area contributed by atoms with E-state index in [-0.39, 0.29) is 5.41 Å². The summed E-state index contributed by atoms with van der Waals surface area (Å²) in [5.41, 5.74) is 4.77. The Morgan fingerprint density at radius 3 is 0.974 bits per heavy atom. The number of hydrogen-bond donors (Lipinski definition) is 0. The van der Waals surface area contributed by atoms with Crippen molar-refractivity contribution in [2.45, 2.75) is 47.0 Å². The van der Waals surface area contributed by atoms with Gasteiger partial charge in [-0.05, 0) is 99.5 Å². The summed E-state index contributed by atoms with van der Waals surface area (Å²) < 4.78 is 11.9. The lowest BCUT2D eigenvalue weighted by Gasteiger charge is -2.26. The van der Waals surface area contributed by atoms with E-state index < -0.39 is 0 Å². The Balaban J connectivity index is 0.000000417. The lowest BCUT2D eigenvalue weighted by atomic mass is 9.78. The van der Waals surface area contributed by atoms with Gasteiger partial charge in [-0.15, -0.1) is 11.3 Å². The van der Waals surface area contributed by atoms with Gasteiger partial charge in [0.25, 0.3) is 0 Å². The molecule has 0 saturated heterocycles. The molecule has 0 spiro atoms. The molecule has 0 aliphatic carbocycles. The van der Waals surface area contributed by atoms with Gasteiger partial charge in [0.2, 0.25) is 0 Å². The molecule has 0 saturated carbocycles. The zero-order chi connectivity index (χ0) is 27.1. The number of thiophene rings is 1. The Morgan fingerprint density at radius 1 is 0.421 bits per heavy atom. The van der Waals surface area contributed by atoms with Gasteiger partial charge in [-0.3, -0.25) is 0 Å². The summed E-state index contributed by atoms with van der Waals surface area (Å²) in [6.07, 6.45) is 0. The van der Waals surface area contributed by atoms with Gasteiger partial charge in [-0.1, -0.05) is 73.5 Å². The van der Waals surface area contributed by atoms with Crippen LogP contribution in [0.2, 0.25) is 0 Å². The third kappa shape index (κ3) is 7.36. The first-order valence-corrected chi connectivity index (χ1v) is 13.7. The predicted molar refractivity (Wildman–Crippen MR) is 161 cm³/mol. The average molecular weight is 521 g/mol. The topological polar surface area (TPSA) is 18.5 Å². The van der Waals surface area contributed by atoms with Crippen LogP contribution in [0.4, 0.5) is 0 Å². The van der Waals surface area contributed by atoms with Crippen molar-refractivity contribution in [3.8, 4) is 23.0 Å². The molecule has 0 fully saturated rings. The first kappa shape index (κ1) is 27.2. The van der Waals surface area contributed by atoms with E-state index in [0.29, 0.717) is 0 Å². The van der Waals surface area contributed by atoms with Gasteiger partial charge in [0, 0.05) is 15.2 Å². The molecular weight excluding hydrogens is 484 g/mol. The first-order valence-electron chi connectivity index (χ1n) is 12.9. The predicted octanol–water partition coefficient (Wildman–Crippen LogP) is 10.6. The summed E-state index contributed by atoms with van der Waals surface area (Å²) >= 11 is 1.84. The maximum Gasteiger partial charge on any atom is 0.127 e. The second-order valence-corrected chi connectivity index (χ2v) is 11.7. The fourth-order valence-electron chi connectivity index (χ4n) is 4.09. The lowest BCUT2D eigenvalue weighted by molar-refractivity contribution is 0.481. The van der Waals surface area contributed by atoms with Gasteiger partial charge in [0.15, 0.2) is 0 Å². The Bertz CT molecular complexity index is 1320. The van der Waals surface area contributed by atoms with Crippen LogP contribution in [0.3, 0.4) is 0 Å². The average Bonchev–Trinajstić information content (AvgIpc) is 3.30. The maximum atomic E-state index is 5.97. The molecule has 4 aromatic carbocycles. The Kier molecular flexibility index (Phi) is 8.70. The lowest BCUT2D eigenvalue weighted by Crippen LogP contribution is -2.18. The van der Waals surface area contributed by atoms with Gasteiger partial charge >= 0.3 is 0 Å².